The molecule has 3 aromatic heterocycles. The van der Waals surface area contributed by atoms with E-state index in [-0.39, 0.29) is 17.4 Å². The topological polar surface area (TPSA) is 115 Å². The van der Waals surface area contributed by atoms with E-state index in [1.54, 1.807) is 48.8 Å². The number of anilines is 1. The van der Waals surface area contributed by atoms with E-state index in [0.29, 0.717) is 27.7 Å². The largest absolute Gasteiger partial charge is 0.366 e. The predicted octanol–water partition coefficient (Wildman–Crippen LogP) is 3.20. The van der Waals surface area contributed by atoms with Gasteiger partial charge in [0.25, 0.3) is 0 Å². The number of rotatable bonds is 6. The number of fused-ring (bicyclic) bond motifs is 1. The van der Waals surface area contributed by atoms with E-state index in [0.717, 1.165) is 11.1 Å². The molecule has 1 aromatic carbocycles. The number of aromatic nitrogens is 4. The van der Waals surface area contributed by atoms with Crippen molar-refractivity contribution < 1.29 is 8.42 Å². The summed E-state index contributed by atoms with van der Waals surface area (Å²) in [4.78, 5) is 8.19. The van der Waals surface area contributed by atoms with Crippen LogP contribution in [0.5, 0.6) is 0 Å². The minimum Gasteiger partial charge on any atom is -0.366 e. The van der Waals surface area contributed by atoms with Gasteiger partial charge in [0.15, 0.2) is 5.65 Å². The van der Waals surface area contributed by atoms with Crippen LogP contribution < -0.4 is 10.5 Å². The maximum absolute atomic E-state index is 12.7. The van der Waals surface area contributed by atoms with Crippen LogP contribution in [-0.4, -0.2) is 34.5 Å². The van der Waals surface area contributed by atoms with Crippen molar-refractivity contribution in [3.8, 4) is 11.1 Å². The Hall–Kier alpha value is -2.72. The molecule has 0 bridgehead atoms. The average molecular weight is 463 g/mol. The van der Waals surface area contributed by atoms with Crippen LogP contribution in [0.3, 0.4) is 0 Å². The van der Waals surface area contributed by atoms with Crippen molar-refractivity contribution in [3.63, 3.8) is 0 Å². The molecule has 0 unspecified atom stereocenters. The summed E-state index contributed by atoms with van der Waals surface area (Å²) in [6, 6.07) is 10.3. The lowest BCUT2D eigenvalue weighted by atomic mass is 10.1. The van der Waals surface area contributed by atoms with Gasteiger partial charge in [0.2, 0.25) is 16.0 Å². The van der Waals surface area contributed by atoms with Gasteiger partial charge >= 0.3 is 0 Å². The molecular weight excluding hydrogens is 447 g/mol. The van der Waals surface area contributed by atoms with Crippen LogP contribution in [0.25, 0.3) is 16.8 Å². The zero-order chi connectivity index (χ0) is 21.3. The molecule has 0 aliphatic carbocycles. The molecule has 8 nitrogen and oxygen atoms in total. The van der Waals surface area contributed by atoms with Gasteiger partial charge in [0.05, 0.1) is 10.0 Å². The number of nitrogen functional groups attached to an aromatic ring is 1. The predicted molar refractivity (Wildman–Crippen MR) is 116 cm³/mol. The molecule has 0 aliphatic rings. The van der Waals surface area contributed by atoms with Gasteiger partial charge in [-0.3, -0.25) is 4.98 Å². The van der Waals surface area contributed by atoms with Crippen molar-refractivity contribution >= 4 is 44.8 Å². The normalized spacial score (nSPS) is 11.8. The third-order valence-electron chi connectivity index (χ3n) is 4.42. The Bertz CT molecular complexity index is 1340. The van der Waals surface area contributed by atoms with Crippen molar-refractivity contribution in [1.82, 2.24) is 24.3 Å². The number of nitrogens with one attached hydrogen (secondary N) is 1. The summed E-state index contributed by atoms with van der Waals surface area (Å²) in [7, 11) is -3.77. The minimum absolute atomic E-state index is 0.0513. The number of pyridine rings is 2. The highest BCUT2D eigenvalue weighted by Gasteiger charge is 2.16. The first-order valence-corrected chi connectivity index (χ1v) is 11.1. The first kappa shape index (κ1) is 20.5. The molecule has 0 saturated heterocycles. The van der Waals surface area contributed by atoms with E-state index < -0.39 is 10.0 Å². The smallest absolute Gasteiger partial charge is 0.242 e. The molecule has 0 spiro atoms. The van der Waals surface area contributed by atoms with Gasteiger partial charge in [-0.15, -0.1) is 5.10 Å². The molecule has 154 valence electrons. The minimum atomic E-state index is -3.77. The lowest BCUT2D eigenvalue weighted by Crippen LogP contribution is -2.26. The Morgan fingerprint density at radius 3 is 2.77 bits per heavy atom. The van der Waals surface area contributed by atoms with Gasteiger partial charge in [-0.25, -0.2) is 17.7 Å². The van der Waals surface area contributed by atoms with Crippen LogP contribution in [0.15, 0.2) is 59.9 Å². The van der Waals surface area contributed by atoms with E-state index in [1.807, 2.05) is 0 Å². The zero-order valence-electron chi connectivity index (χ0n) is 15.5. The lowest BCUT2D eigenvalue weighted by Gasteiger charge is -2.09. The lowest BCUT2D eigenvalue weighted by molar-refractivity contribution is 0.581. The first-order chi connectivity index (χ1) is 14.3. The molecule has 11 heteroatoms. The van der Waals surface area contributed by atoms with E-state index in [9.17, 15) is 8.42 Å². The third-order valence-corrected chi connectivity index (χ3v) is 6.71. The molecule has 0 atom stereocenters. The van der Waals surface area contributed by atoms with Gasteiger partial charge in [0, 0.05) is 36.3 Å². The summed E-state index contributed by atoms with van der Waals surface area (Å²) < 4.78 is 29.5. The van der Waals surface area contributed by atoms with Crippen LogP contribution >= 0.6 is 23.2 Å². The fraction of sp³-hybridized carbons (Fsp3) is 0.105. The standard InChI is InChI=1S/C19H16Cl2N6O2S/c20-16-3-1-2-12(18(16)21)6-7-24-30(28,29)15-8-14(9-23-10-15)13-4-5-17-25-19(22)26-27(17)11-13/h1-5,8-11,24H,6-7H2,(H2,22,26). The summed E-state index contributed by atoms with van der Waals surface area (Å²) in [6.07, 6.45) is 4.98. The fourth-order valence-electron chi connectivity index (χ4n) is 2.94. The molecule has 4 rings (SSSR count). The highest BCUT2D eigenvalue weighted by atomic mass is 35.5. The van der Waals surface area contributed by atoms with Crippen LogP contribution in [0.2, 0.25) is 10.0 Å². The van der Waals surface area contributed by atoms with Crippen molar-refractivity contribution in [2.24, 2.45) is 0 Å². The highest BCUT2D eigenvalue weighted by molar-refractivity contribution is 7.89. The number of hydrogen-bond acceptors (Lipinski definition) is 6. The van der Waals surface area contributed by atoms with Gasteiger partial charge in [-0.2, -0.15) is 4.98 Å². The molecule has 0 aliphatic heterocycles. The molecule has 0 amide bonds. The molecule has 3 heterocycles. The number of nitrogens with two attached hydrogens (primary N) is 1. The molecule has 0 radical (unpaired) electrons. The second kappa shape index (κ2) is 8.19. The summed E-state index contributed by atoms with van der Waals surface area (Å²) in [6.45, 7) is 0.164. The molecule has 3 N–H and O–H groups in total. The Kier molecular flexibility index (Phi) is 5.61. The molecule has 0 fully saturated rings. The zero-order valence-corrected chi connectivity index (χ0v) is 17.8. The highest BCUT2D eigenvalue weighted by Crippen LogP contribution is 2.26. The van der Waals surface area contributed by atoms with Gasteiger partial charge in [0.1, 0.15) is 4.90 Å². The van der Waals surface area contributed by atoms with Gasteiger partial charge < -0.3 is 5.73 Å². The third kappa shape index (κ3) is 4.24. The van der Waals surface area contributed by atoms with Crippen molar-refractivity contribution in [2.45, 2.75) is 11.3 Å². The first-order valence-electron chi connectivity index (χ1n) is 8.83. The van der Waals surface area contributed by atoms with Gasteiger partial charge in [-0.05, 0) is 36.2 Å². The molecule has 0 saturated carbocycles. The van der Waals surface area contributed by atoms with Crippen LogP contribution in [0.4, 0.5) is 5.95 Å². The van der Waals surface area contributed by atoms with Crippen molar-refractivity contribution in [1.29, 1.82) is 0 Å². The quantitative estimate of drug-likeness (QED) is 0.454. The SMILES string of the molecule is Nc1nc2ccc(-c3cncc(S(=O)(=O)NCCc4cccc(Cl)c4Cl)c3)cn2n1. The fourth-order valence-corrected chi connectivity index (χ4v) is 4.37. The average Bonchev–Trinajstić information content (AvgIpc) is 3.10. The van der Waals surface area contributed by atoms with E-state index in [1.165, 1.54) is 10.7 Å². The van der Waals surface area contributed by atoms with Gasteiger partial charge in [-0.1, -0.05) is 35.3 Å². The molecule has 30 heavy (non-hydrogen) atoms. The number of hydrogen-bond donors (Lipinski definition) is 2. The van der Waals surface area contributed by atoms with E-state index in [4.69, 9.17) is 28.9 Å². The second-order valence-electron chi connectivity index (χ2n) is 6.46. The summed E-state index contributed by atoms with van der Waals surface area (Å²) >= 11 is 12.1. The Balaban J connectivity index is 1.53. The monoisotopic (exact) mass is 462 g/mol. The molecule has 4 aromatic rings. The number of sulfonamides is 1. The van der Waals surface area contributed by atoms with Crippen LogP contribution in [0, 0.1) is 0 Å². The van der Waals surface area contributed by atoms with Crippen molar-refractivity contribution in [2.75, 3.05) is 12.3 Å². The Morgan fingerprint density at radius 2 is 1.93 bits per heavy atom. The van der Waals surface area contributed by atoms with E-state index in [2.05, 4.69) is 19.8 Å². The Morgan fingerprint density at radius 1 is 1.10 bits per heavy atom. The van der Waals surface area contributed by atoms with E-state index >= 15 is 0 Å². The maximum atomic E-state index is 12.7. The maximum Gasteiger partial charge on any atom is 0.242 e. The summed E-state index contributed by atoms with van der Waals surface area (Å²) in [5.74, 6) is 0.158. The second-order valence-corrected chi connectivity index (χ2v) is 9.01. The summed E-state index contributed by atoms with van der Waals surface area (Å²) in [5, 5.41) is 4.92. The number of nitrogens with zero attached hydrogens (tertiary/aromatic N) is 4. The molecular formula is C19H16Cl2N6O2S. The summed E-state index contributed by atoms with van der Waals surface area (Å²) in [5.41, 5.74) is 8.31. The number of benzene rings is 1. The van der Waals surface area contributed by atoms with Crippen LogP contribution in [0.1, 0.15) is 5.56 Å². The number of halogens is 2. The van der Waals surface area contributed by atoms with Crippen molar-refractivity contribution in [3.05, 3.63) is 70.6 Å². The van der Waals surface area contributed by atoms with Crippen LogP contribution in [-0.2, 0) is 16.4 Å². The Labute approximate surface area is 182 Å².